The van der Waals surface area contributed by atoms with E-state index in [0.717, 1.165) is 0 Å². The SMILES string of the molecule is COc1cc(Cl)cc(CO)c1OCC(=O)NCC1CC1. The monoisotopic (exact) mass is 299 g/mol. The summed E-state index contributed by atoms with van der Waals surface area (Å²) in [6, 6.07) is 3.17. The van der Waals surface area contributed by atoms with Crippen molar-refractivity contribution >= 4 is 17.5 Å². The van der Waals surface area contributed by atoms with Crippen molar-refractivity contribution in [3.63, 3.8) is 0 Å². The van der Waals surface area contributed by atoms with Crippen LogP contribution in [0.15, 0.2) is 12.1 Å². The van der Waals surface area contributed by atoms with Gasteiger partial charge in [-0.25, -0.2) is 0 Å². The number of aliphatic hydroxyl groups is 1. The van der Waals surface area contributed by atoms with Crippen LogP contribution < -0.4 is 14.8 Å². The number of carbonyl (C=O) groups excluding carboxylic acids is 1. The molecular formula is C14H18ClNO4. The maximum atomic E-state index is 11.6. The molecule has 0 spiro atoms. The summed E-state index contributed by atoms with van der Waals surface area (Å²) in [6.45, 7) is 0.348. The number of methoxy groups -OCH3 is 1. The Balaban J connectivity index is 1.97. The molecule has 2 N–H and O–H groups in total. The van der Waals surface area contributed by atoms with Gasteiger partial charge in [0.15, 0.2) is 18.1 Å². The van der Waals surface area contributed by atoms with Crippen LogP contribution in [0.2, 0.25) is 5.02 Å². The minimum Gasteiger partial charge on any atom is -0.493 e. The first-order valence-electron chi connectivity index (χ1n) is 6.50. The highest BCUT2D eigenvalue weighted by atomic mass is 35.5. The van der Waals surface area contributed by atoms with Crippen molar-refractivity contribution in [1.82, 2.24) is 5.32 Å². The molecule has 1 aliphatic rings. The molecule has 1 aliphatic carbocycles. The second-order valence-electron chi connectivity index (χ2n) is 4.79. The van der Waals surface area contributed by atoms with Crippen molar-refractivity contribution in [3.05, 3.63) is 22.7 Å². The van der Waals surface area contributed by atoms with Crippen molar-refractivity contribution in [2.75, 3.05) is 20.3 Å². The second-order valence-corrected chi connectivity index (χ2v) is 5.23. The molecule has 1 aromatic carbocycles. The fourth-order valence-corrected chi connectivity index (χ4v) is 2.06. The van der Waals surface area contributed by atoms with Gasteiger partial charge in [-0.2, -0.15) is 0 Å². The molecule has 0 aromatic heterocycles. The van der Waals surface area contributed by atoms with Gasteiger partial charge >= 0.3 is 0 Å². The Morgan fingerprint density at radius 1 is 1.50 bits per heavy atom. The number of halogens is 1. The van der Waals surface area contributed by atoms with E-state index in [1.807, 2.05) is 0 Å². The Labute approximate surface area is 122 Å². The van der Waals surface area contributed by atoms with Crippen LogP contribution in [0.1, 0.15) is 18.4 Å². The zero-order valence-corrected chi connectivity index (χ0v) is 12.1. The van der Waals surface area contributed by atoms with Gasteiger partial charge in [0.2, 0.25) is 0 Å². The number of hydrogen-bond donors (Lipinski definition) is 2. The lowest BCUT2D eigenvalue weighted by Crippen LogP contribution is -2.30. The van der Waals surface area contributed by atoms with Crippen LogP contribution in [0.4, 0.5) is 0 Å². The van der Waals surface area contributed by atoms with Gasteiger partial charge < -0.3 is 19.9 Å². The van der Waals surface area contributed by atoms with Crippen LogP contribution >= 0.6 is 11.6 Å². The molecule has 1 amide bonds. The Kier molecular flexibility index (Phi) is 5.09. The fraction of sp³-hybridized carbons (Fsp3) is 0.500. The third-order valence-electron chi connectivity index (χ3n) is 3.12. The van der Waals surface area contributed by atoms with Gasteiger partial charge in [-0.05, 0) is 24.8 Å². The van der Waals surface area contributed by atoms with Crippen LogP contribution in [-0.4, -0.2) is 31.3 Å². The lowest BCUT2D eigenvalue weighted by atomic mass is 10.2. The minimum atomic E-state index is -0.240. The van der Waals surface area contributed by atoms with Crippen LogP contribution in [0.25, 0.3) is 0 Å². The number of carbonyl (C=O) groups is 1. The van der Waals surface area contributed by atoms with E-state index in [1.54, 1.807) is 12.1 Å². The maximum Gasteiger partial charge on any atom is 0.257 e. The van der Waals surface area contributed by atoms with Crippen molar-refractivity contribution in [1.29, 1.82) is 0 Å². The van der Waals surface area contributed by atoms with E-state index in [-0.39, 0.29) is 19.1 Å². The molecule has 0 heterocycles. The molecule has 6 heteroatoms. The van der Waals surface area contributed by atoms with Gasteiger partial charge in [0.25, 0.3) is 5.91 Å². The normalized spacial score (nSPS) is 13.9. The zero-order valence-electron chi connectivity index (χ0n) is 11.3. The summed E-state index contributed by atoms with van der Waals surface area (Å²) in [4.78, 5) is 11.6. The molecule has 0 atom stereocenters. The molecule has 0 unspecified atom stereocenters. The molecule has 1 aromatic rings. The fourth-order valence-electron chi connectivity index (χ4n) is 1.82. The number of hydrogen-bond acceptors (Lipinski definition) is 4. The van der Waals surface area contributed by atoms with Crippen molar-refractivity contribution in [3.8, 4) is 11.5 Å². The largest absolute Gasteiger partial charge is 0.493 e. The molecule has 1 saturated carbocycles. The van der Waals surface area contributed by atoms with Crippen molar-refractivity contribution < 1.29 is 19.4 Å². The number of nitrogens with one attached hydrogen (secondary N) is 1. The Hall–Kier alpha value is -1.46. The third kappa shape index (κ3) is 4.02. The highest BCUT2D eigenvalue weighted by Gasteiger charge is 2.22. The van der Waals surface area contributed by atoms with E-state index >= 15 is 0 Å². The Bertz CT molecular complexity index is 463. The first-order valence-corrected chi connectivity index (χ1v) is 6.88. The average molecular weight is 300 g/mol. The van der Waals surface area contributed by atoms with Crippen molar-refractivity contribution in [2.45, 2.75) is 19.4 Å². The van der Waals surface area contributed by atoms with E-state index in [0.29, 0.717) is 34.5 Å². The lowest BCUT2D eigenvalue weighted by molar-refractivity contribution is -0.123. The predicted octanol–water partition coefficient (Wildman–Crippen LogP) is 1.75. The van der Waals surface area contributed by atoms with E-state index in [1.165, 1.54) is 20.0 Å². The molecule has 20 heavy (non-hydrogen) atoms. The van der Waals surface area contributed by atoms with E-state index in [9.17, 15) is 9.90 Å². The summed E-state index contributed by atoms with van der Waals surface area (Å²) < 4.78 is 10.6. The van der Waals surface area contributed by atoms with Gasteiger partial charge in [-0.3, -0.25) is 4.79 Å². The molecular weight excluding hydrogens is 282 g/mol. The molecule has 0 saturated heterocycles. The topological polar surface area (TPSA) is 67.8 Å². The summed E-state index contributed by atoms with van der Waals surface area (Å²) in [6.07, 6.45) is 2.36. The summed E-state index contributed by atoms with van der Waals surface area (Å²) in [5.41, 5.74) is 0.490. The summed E-state index contributed by atoms with van der Waals surface area (Å²) in [5.74, 6) is 1.19. The smallest absolute Gasteiger partial charge is 0.257 e. The summed E-state index contributed by atoms with van der Waals surface area (Å²) in [5, 5.41) is 12.6. The Morgan fingerprint density at radius 3 is 2.85 bits per heavy atom. The standard InChI is InChI=1S/C14H18ClNO4/c1-19-12-5-11(15)4-10(7-17)14(12)20-8-13(18)16-6-9-2-3-9/h4-5,9,17H,2-3,6-8H2,1H3,(H,16,18). The number of amides is 1. The van der Waals surface area contributed by atoms with Gasteiger partial charge in [0.1, 0.15) is 0 Å². The third-order valence-corrected chi connectivity index (χ3v) is 3.34. The molecule has 2 rings (SSSR count). The molecule has 5 nitrogen and oxygen atoms in total. The summed E-state index contributed by atoms with van der Waals surface area (Å²) >= 11 is 5.91. The van der Waals surface area contributed by atoms with Crippen molar-refractivity contribution in [2.24, 2.45) is 5.92 Å². The maximum absolute atomic E-state index is 11.6. The van der Waals surface area contributed by atoms with Gasteiger partial charge in [-0.15, -0.1) is 0 Å². The molecule has 0 radical (unpaired) electrons. The number of benzene rings is 1. The van der Waals surface area contributed by atoms with Gasteiger partial charge in [0.05, 0.1) is 13.7 Å². The number of aliphatic hydroxyl groups excluding tert-OH is 1. The predicted molar refractivity (Wildman–Crippen MR) is 75.2 cm³/mol. The van der Waals surface area contributed by atoms with Gasteiger partial charge in [0, 0.05) is 23.2 Å². The minimum absolute atomic E-state index is 0.113. The van der Waals surface area contributed by atoms with Crippen LogP contribution in [0.5, 0.6) is 11.5 Å². The second kappa shape index (κ2) is 6.81. The molecule has 110 valence electrons. The molecule has 1 fully saturated rings. The number of rotatable bonds is 7. The van der Waals surface area contributed by atoms with Gasteiger partial charge in [-0.1, -0.05) is 11.6 Å². The molecule has 0 bridgehead atoms. The van der Waals surface area contributed by atoms with E-state index in [4.69, 9.17) is 21.1 Å². The zero-order chi connectivity index (χ0) is 14.5. The van der Waals surface area contributed by atoms with Crippen LogP contribution in [0.3, 0.4) is 0 Å². The van der Waals surface area contributed by atoms with E-state index in [2.05, 4.69) is 5.32 Å². The van der Waals surface area contributed by atoms with E-state index < -0.39 is 0 Å². The first-order chi connectivity index (χ1) is 9.63. The average Bonchev–Trinajstić information content (AvgIpc) is 3.26. The number of ether oxygens (including phenoxy) is 2. The quantitative estimate of drug-likeness (QED) is 0.805. The van der Waals surface area contributed by atoms with Crippen LogP contribution in [0, 0.1) is 5.92 Å². The lowest BCUT2D eigenvalue weighted by Gasteiger charge is -2.14. The first kappa shape index (κ1) is 14.9. The molecule has 0 aliphatic heterocycles. The highest BCUT2D eigenvalue weighted by Crippen LogP contribution is 2.34. The Morgan fingerprint density at radius 2 is 2.25 bits per heavy atom. The summed E-state index contributed by atoms with van der Waals surface area (Å²) in [7, 11) is 1.48. The highest BCUT2D eigenvalue weighted by molar-refractivity contribution is 6.30. The van der Waals surface area contributed by atoms with Crippen LogP contribution in [-0.2, 0) is 11.4 Å².